The largest absolute Gasteiger partial charge is 0.358 e. The van der Waals surface area contributed by atoms with Gasteiger partial charge in [0.1, 0.15) is 0 Å². The Hall–Kier alpha value is -2.43. The zero-order valence-electron chi connectivity index (χ0n) is 10.3. The fraction of sp³-hybridized carbons (Fsp3) is 0.154. The summed E-state index contributed by atoms with van der Waals surface area (Å²) in [7, 11) is 0. The van der Waals surface area contributed by atoms with Crippen LogP contribution in [-0.2, 0) is 0 Å². The molecule has 0 aliphatic carbocycles. The SMILES string of the molecule is Cc1cc(C)c(/C=N/NC(=O)c2cccnc2)[nH]1. The van der Waals surface area contributed by atoms with Crippen LogP contribution >= 0.6 is 0 Å². The van der Waals surface area contributed by atoms with Crippen molar-refractivity contribution in [3.8, 4) is 0 Å². The number of H-pyrrole nitrogens is 1. The molecule has 2 heterocycles. The molecule has 0 fully saturated rings. The maximum Gasteiger partial charge on any atom is 0.272 e. The lowest BCUT2D eigenvalue weighted by atomic mass is 10.3. The Morgan fingerprint density at radius 2 is 2.33 bits per heavy atom. The van der Waals surface area contributed by atoms with E-state index in [1.54, 1.807) is 24.5 Å². The van der Waals surface area contributed by atoms with Gasteiger partial charge in [0.25, 0.3) is 5.91 Å². The fourth-order valence-corrected chi connectivity index (χ4v) is 1.60. The number of nitrogens with one attached hydrogen (secondary N) is 2. The molecule has 2 aromatic heterocycles. The molecule has 0 saturated carbocycles. The molecule has 2 N–H and O–H groups in total. The summed E-state index contributed by atoms with van der Waals surface area (Å²) in [5.74, 6) is -0.278. The van der Waals surface area contributed by atoms with Gasteiger partial charge in [0, 0.05) is 18.1 Å². The molecule has 0 aliphatic heterocycles. The van der Waals surface area contributed by atoms with Gasteiger partial charge >= 0.3 is 0 Å². The number of aromatic nitrogens is 2. The van der Waals surface area contributed by atoms with Crippen molar-refractivity contribution in [2.24, 2.45) is 5.10 Å². The minimum atomic E-state index is -0.278. The van der Waals surface area contributed by atoms with Crippen molar-refractivity contribution in [3.05, 3.63) is 53.1 Å². The van der Waals surface area contributed by atoms with Crippen molar-refractivity contribution < 1.29 is 4.79 Å². The molecule has 0 unspecified atom stereocenters. The molecule has 18 heavy (non-hydrogen) atoms. The van der Waals surface area contributed by atoms with Crippen LogP contribution in [0.3, 0.4) is 0 Å². The summed E-state index contributed by atoms with van der Waals surface area (Å²) in [6.07, 6.45) is 4.70. The van der Waals surface area contributed by atoms with Gasteiger partial charge in [0.05, 0.1) is 17.5 Å². The average Bonchev–Trinajstić information content (AvgIpc) is 2.69. The van der Waals surface area contributed by atoms with Gasteiger partial charge in [-0.25, -0.2) is 5.43 Å². The minimum Gasteiger partial charge on any atom is -0.358 e. The topological polar surface area (TPSA) is 70.1 Å². The lowest BCUT2D eigenvalue weighted by Crippen LogP contribution is -2.17. The van der Waals surface area contributed by atoms with Gasteiger partial charge in [-0.2, -0.15) is 5.10 Å². The highest BCUT2D eigenvalue weighted by molar-refractivity contribution is 5.94. The van der Waals surface area contributed by atoms with Crippen molar-refractivity contribution in [3.63, 3.8) is 0 Å². The molecule has 1 amide bonds. The van der Waals surface area contributed by atoms with Crippen LogP contribution in [-0.4, -0.2) is 22.1 Å². The average molecular weight is 242 g/mol. The van der Waals surface area contributed by atoms with Gasteiger partial charge in [0.15, 0.2) is 0 Å². The normalized spacial score (nSPS) is 10.8. The van der Waals surface area contributed by atoms with Crippen LogP contribution in [0.25, 0.3) is 0 Å². The molecule has 5 nitrogen and oxygen atoms in total. The van der Waals surface area contributed by atoms with Crippen LogP contribution in [0, 0.1) is 13.8 Å². The third-order valence-electron chi connectivity index (χ3n) is 2.47. The molecule has 0 aromatic carbocycles. The molecule has 0 aliphatic rings. The number of hydrogen-bond donors (Lipinski definition) is 2. The highest BCUT2D eigenvalue weighted by Crippen LogP contribution is 2.05. The van der Waals surface area contributed by atoms with Crippen LogP contribution in [0.15, 0.2) is 35.7 Å². The molecule has 5 heteroatoms. The first-order valence-electron chi connectivity index (χ1n) is 5.56. The number of hydrogen-bond acceptors (Lipinski definition) is 3. The van der Waals surface area contributed by atoms with Gasteiger partial charge in [-0.05, 0) is 37.6 Å². The second-order valence-electron chi connectivity index (χ2n) is 3.99. The molecule has 2 aromatic rings. The fourth-order valence-electron chi connectivity index (χ4n) is 1.60. The lowest BCUT2D eigenvalue weighted by Gasteiger charge is -1.98. The first-order valence-corrected chi connectivity index (χ1v) is 5.56. The summed E-state index contributed by atoms with van der Waals surface area (Å²) in [5, 5.41) is 3.91. The van der Waals surface area contributed by atoms with Crippen molar-refractivity contribution in [1.82, 2.24) is 15.4 Å². The number of carbonyl (C=O) groups excluding carboxylic acids is 1. The second-order valence-corrected chi connectivity index (χ2v) is 3.99. The molecule has 0 saturated heterocycles. The Balaban J connectivity index is 2.00. The van der Waals surface area contributed by atoms with Gasteiger partial charge in [-0.1, -0.05) is 0 Å². The third kappa shape index (κ3) is 2.82. The lowest BCUT2D eigenvalue weighted by molar-refractivity contribution is 0.0955. The summed E-state index contributed by atoms with van der Waals surface area (Å²) in [6, 6.07) is 5.41. The summed E-state index contributed by atoms with van der Waals surface area (Å²) in [6.45, 7) is 3.95. The molecular weight excluding hydrogens is 228 g/mol. The quantitative estimate of drug-likeness (QED) is 0.636. The minimum absolute atomic E-state index is 0.278. The number of aryl methyl sites for hydroxylation is 2. The number of rotatable bonds is 3. The number of amides is 1. The second kappa shape index (κ2) is 5.27. The number of aromatic amines is 1. The summed E-state index contributed by atoms with van der Waals surface area (Å²) in [4.78, 5) is 18.7. The molecule has 0 bridgehead atoms. The van der Waals surface area contributed by atoms with E-state index in [1.807, 2.05) is 19.9 Å². The monoisotopic (exact) mass is 242 g/mol. The van der Waals surface area contributed by atoms with E-state index in [9.17, 15) is 4.79 Å². The predicted molar refractivity (Wildman–Crippen MR) is 69.6 cm³/mol. The maximum absolute atomic E-state index is 11.6. The molecule has 2 rings (SSSR count). The van der Waals surface area contributed by atoms with Gasteiger partial charge in [-0.15, -0.1) is 0 Å². The highest BCUT2D eigenvalue weighted by Gasteiger charge is 2.03. The van der Waals surface area contributed by atoms with Crippen molar-refractivity contribution in [2.45, 2.75) is 13.8 Å². The van der Waals surface area contributed by atoms with E-state index in [4.69, 9.17) is 0 Å². The number of hydrazone groups is 1. The van der Waals surface area contributed by atoms with E-state index in [1.165, 1.54) is 6.20 Å². The van der Waals surface area contributed by atoms with E-state index in [-0.39, 0.29) is 5.91 Å². The van der Waals surface area contributed by atoms with E-state index in [0.29, 0.717) is 5.56 Å². The molecule has 0 atom stereocenters. The summed E-state index contributed by atoms with van der Waals surface area (Å²) in [5.41, 5.74) is 5.98. The van der Waals surface area contributed by atoms with Crippen LogP contribution in [0.1, 0.15) is 27.3 Å². The smallest absolute Gasteiger partial charge is 0.272 e. The maximum atomic E-state index is 11.6. The van der Waals surface area contributed by atoms with E-state index >= 15 is 0 Å². The van der Waals surface area contributed by atoms with Gasteiger partial charge < -0.3 is 4.98 Å². The third-order valence-corrected chi connectivity index (χ3v) is 2.47. The zero-order chi connectivity index (χ0) is 13.0. The van der Waals surface area contributed by atoms with Crippen molar-refractivity contribution >= 4 is 12.1 Å². The van der Waals surface area contributed by atoms with E-state index in [0.717, 1.165) is 17.0 Å². The Morgan fingerprint density at radius 1 is 1.50 bits per heavy atom. The Morgan fingerprint density at radius 3 is 2.94 bits per heavy atom. The molecule has 0 radical (unpaired) electrons. The summed E-state index contributed by atoms with van der Waals surface area (Å²) < 4.78 is 0. The Kier molecular flexibility index (Phi) is 3.52. The number of carbonyl (C=O) groups is 1. The van der Waals surface area contributed by atoms with Crippen LogP contribution in [0.5, 0.6) is 0 Å². The zero-order valence-corrected chi connectivity index (χ0v) is 10.3. The van der Waals surface area contributed by atoms with Crippen LogP contribution in [0.4, 0.5) is 0 Å². The van der Waals surface area contributed by atoms with Gasteiger partial charge in [-0.3, -0.25) is 9.78 Å². The molecule has 0 spiro atoms. The highest BCUT2D eigenvalue weighted by atomic mass is 16.2. The van der Waals surface area contributed by atoms with E-state index in [2.05, 4.69) is 20.5 Å². The van der Waals surface area contributed by atoms with Crippen LogP contribution in [0.2, 0.25) is 0 Å². The molecular formula is C13H14N4O. The van der Waals surface area contributed by atoms with Gasteiger partial charge in [0.2, 0.25) is 0 Å². The van der Waals surface area contributed by atoms with E-state index < -0.39 is 0 Å². The Labute approximate surface area is 105 Å². The molecule has 92 valence electrons. The Bertz CT molecular complexity index is 572. The summed E-state index contributed by atoms with van der Waals surface area (Å²) >= 11 is 0. The van der Waals surface area contributed by atoms with Crippen LogP contribution < -0.4 is 5.43 Å². The standard InChI is InChI=1S/C13H14N4O/c1-9-6-10(2)16-12(9)8-15-17-13(18)11-4-3-5-14-7-11/h3-8,16H,1-2H3,(H,17,18)/b15-8+. The predicted octanol–water partition coefficient (Wildman–Crippen LogP) is 1.79. The number of pyridine rings is 1. The van der Waals surface area contributed by atoms with Crippen molar-refractivity contribution in [1.29, 1.82) is 0 Å². The van der Waals surface area contributed by atoms with Crippen molar-refractivity contribution in [2.75, 3.05) is 0 Å². The number of nitrogens with zero attached hydrogens (tertiary/aromatic N) is 2. The first-order chi connectivity index (χ1) is 8.66. The first kappa shape index (κ1) is 12.0.